The lowest BCUT2D eigenvalue weighted by atomic mass is 10.1. The van der Waals surface area contributed by atoms with Gasteiger partial charge in [-0.2, -0.15) is 13.2 Å². The van der Waals surface area contributed by atoms with Gasteiger partial charge in [0.05, 0.1) is 11.5 Å². The minimum atomic E-state index is -4.49. The second-order valence-electron chi connectivity index (χ2n) is 2.89. The molecule has 0 bridgehead atoms. The van der Waals surface area contributed by atoms with Crippen LogP contribution in [0.3, 0.4) is 0 Å². The highest BCUT2D eigenvalue weighted by molar-refractivity contribution is 6.32. The van der Waals surface area contributed by atoms with E-state index in [1.54, 1.807) is 0 Å². The molecule has 0 aliphatic rings. The van der Waals surface area contributed by atoms with Crippen LogP contribution in [0.2, 0.25) is 5.02 Å². The molecule has 0 radical (unpaired) electrons. The van der Waals surface area contributed by atoms with Crippen molar-refractivity contribution in [3.05, 3.63) is 40.4 Å². The summed E-state index contributed by atoms with van der Waals surface area (Å²) in [6.45, 7) is 0. The fraction of sp³-hybridized carbons (Fsp3) is 0.100. The van der Waals surface area contributed by atoms with E-state index in [0.29, 0.717) is 6.08 Å². The van der Waals surface area contributed by atoms with Gasteiger partial charge in [-0.25, -0.2) is 0 Å². The third kappa shape index (κ3) is 3.27. The Morgan fingerprint density at radius 1 is 1.38 bits per heavy atom. The van der Waals surface area contributed by atoms with Crippen molar-refractivity contribution in [3.8, 4) is 0 Å². The van der Waals surface area contributed by atoms with Gasteiger partial charge in [0.2, 0.25) is 0 Å². The molecule has 1 rings (SSSR count). The standard InChI is InChI=1S/C10H6ClF3O2/c11-8-3-2-7(10(12,13)14)5-6(8)1-4-9(15)16/h1-5H,(H,15,16)/p-1/b4-1+. The third-order valence-corrected chi connectivity index (χ3v) is 2.07. The number of carboxylic acid groups (broad SMARTS) is 1. The fourth-order valence-electron chi connectivity index (χ4n) is 1.01. The molecular weight excluding hydrogens is 245 g/mol. The van der Waals surface area contributed by atoms with Crippen molar-refractivity contribution in [1.82, 2.24) is 0 Å². The fourth-order valence-corrected chi connectivity index (χ4v) is 1.19. The molecule has 2 nitrogen and oxygen atoms in total. The predicted molar refractivity (Wildman–Crippen MR) is 50.5 cm³/mol. The Morgan fingerprint density at radius 2 is 2.00 bits per heavy atom. The molecule has 0 unspecified atom stereocenters. The molecule has 0 saturated heterocycles. The molecule has 0 atom stereocenters. The molecule has 0 fully saturated rings. The second-order valence-corrected chi connectivity index (χ2v) is 3.29. The van der Waals surface area contributed by atoms with Crippen LogP contribution in [0.4, 0.5) is 13.2 Å². The Labute approximate surface area is 94.0 Å². The zero-order valence-corrected chi connectivity index (χ0v) is 8.47. The zero-order chi connectivity index (χ0) is 12.3. The maximum atomic E-state index is 12.3. The van der Waals surface area contributed by atoms with Gasteiger partial charge in [-0.05, 0) is 29.8 Å². The van der Waals surface area contributed by atoms with E-state index < -0.39 is 17.7 Å². The first-order valence-electron chi connectivity index (χ1n) is 4.06. The van der Waals surface area contributed by atoms with Gasteiger partial charge in [0, 0.05) is 5.02 Å². The lowest BCUT2D eigenvalue weighted by molar-refractivity contribution is -0.297. The third-order valence-electron chi connectivity index (χ3n) is 1.72. The highest BCUT2D eigenvalue weighted by atomic mass is 35.5. The highest BCUT2D eigenvalue weighted by Crippen LogP contribution is 2.32. The van der Waals surface area contributed by atoms with Crippen molar-refractivity contribution in [3.63, 3.8) is 0 Å². The molecule has 0 aliphatic heterocycles. The van der Waals surface area contributed by atoms with Gasteiger partial charge in [-0.3, -0.25) is 0 Å². The number of carboxylic acids is 1. The molecule has 6 heteroatoms. The van der Waals surface area contributed by atoms with Crippen LogP contribution in [-0.4, -0.2) is 5.97 Å². The maximum absolute atomic E-state index is 12.3. The molecule has 86 valence electrons. The zero-order valence-electron chi connectivity index (χ0n) is 7.72. The Morgan fingerprint density at radius 3 is 2.50 bits per heavy atom. The number of hydrogen-bond donors (Lipinski definition) is 0. The van der Waals surface area contributed by atoms with E-state index in [0.717, 1.165) is 24.3 Å². The van der Waals surface area contributed by atoms with Gasteiger partial charge in [0.25, 0.3) is 0 Å². The summed E-state index contributed by atoms with van der Waals surface area (Å²) in [6.07, 6.45) is -2.93. The monoisotopic (exact) mass is 249 g/mol. The van der Waals surface area contributed by atoms with Gasteiger partial charge in [-0.15, -0.1) is 0 Å². The Hall–Kier alpha value is -1.49. The topological polar surface area (TPSA) is 40.1 Å². The summed E-state index contributed by atoms with van der Waals surface area (Å²) in [5, 5.41) is 10.1. The van der Waals surface area contributed by atoms with Gasteiger partial charge in [0.15, 0.2) is 0 Å². The number of alkyl halides is 3. The molecule has 0 aliphatic carbocycles. The van der Waals surface area contributed by atoms with Crippen molar-refractivity contribution in [1.29, 1.82) is 0 Å². The summed E-state index contributed by atoms with van der Waals surface area (Å²) < 4.78 is 36.9. The number of carbonyl (C=O) groups is 1. The molecule has 0 aromatic heterocycles. The summed E-state index contributed by atoms with van der Waals surface area (Å²) in [6, 6.07) is 2.64. The van der Waals surface area contributed by atoms with Crippen LogP contribution in [0.15, 0.2) is 24.3 Å². The average Bonchev–Trinajstić information content (AvgIpc) is 2.14. The van der Waals surface area contributed by atoms with E-state index in [2.05, 4.69) is 0 Å². The molecule has 16 heavy (non-hydrogen) atoms. The lowest BCUT2D eigenvalue weighted by Gasteiger charge is -2.08. The first kappa shape index (κ1) is 12.6. The number of halogens is 4. The molecule has 0 saturated carbocycles. The normalized spacial score (nSPS) is 12.0. The molecule has 0 heterocycles. The molecule has 0 N–H and O–H groups in total. The number of aliphatic carboxylic acids is 1. The average molecular weight is 250 g/mol. The Kier molecular flexibility index (Phi) is 3.59. The van der Waals surface area contributed by atoms with Crippen molar-refractivity contribution in [2.24, 2.45) is 0 Å². The minimum Gasteiger partial charge on any atom is -0.545 e. The molecule has 0 amide bonds. The first-order chi connectivity index (χ1) is 7.30. The van der Waals surface area contributed by atoms with E-state index >= 15 is 0 Å². The van der Waals surface area contributed by atoms with Crippen LogP contribution in [0, 0.1) is 0 Å². The van der Waals surface area contributed by atoms with Crippen molar-refractivity contribution >= 4 is 23.6 Å². The van der Waals surface area contributed by atoms with Crippen LogP contribution >= 0.6 is 11.6 Å². The van der Waals surface area contributed by atoms with Crippen LogP contribution in [0.1, 0.15) is 11.1 Å². The quantitative estimate of drug-likeness (QED) is 0.753. The van der Waals surface area contributed by atoms with E-state index in [1.807, 2.05) is 0 Å². The summed E-state index contributed by atoms with van der Waals surface area (Å²) >= 11 is 5.60. The number of rotatable bonds is 2. The SMILES string of the molecule is O=C([O-])/C=C/c1cc(C(F)(F)F)ccc1Cl. The smallest absolute Gasteiger partial charge is 0.416 e. The van der Waals surface area contributed by atoms with Gasteiger partial charge < -0.3 is 9.90 Å². The first-order valence-corrected chi connectivity index (χ1v) is 4.44. The molecule has 0 spiro atoms. The minimum absolute atomic E-state index is 0.0271. The number of carbonyl (C=O) groups excluding carboxylic acids is 1. The van der Waals surface area contributed by atoms with Crippen LogP contribution in [0.25, 0.3) is 6.08 Å². The predicted octanol–water partition coefficient (Wildman–Crippen LogP) is 2.12. The lowest BCUT2D eigenvalue weighted by Crippen LogP contribution is -2.18. The highest BCUT2D eigenvalue weighted by Gasteiger charge is 2.30. The van der Waals surface area contributed by atoms with Gasteiger partial charge in [0.1, 0.15) is 0 Å². The number of hydrogen-bond acceptors (Lipinski definition) is 2. The second kappa shape index (κ2) is 4.57. The summed E-state index contributed by atoms with van der Waals surface area (Å²) in [5.74, 6) is -1.51. The van der Waals surface area contributed by atoms with E-state index in [4.69, 9.17) is 11.6 Å². The number of benzene rings is 1. The van der Waals surface area contributed by atoms with Crippen molar-refractivity contribution in [2.75, 3.05) is 0 Å². The van der Waals surface area contributed by atoms with Gasteiger partial charge >= 0.3 is 6.18 Å². The van der Waals surface area contributed by atoms with Crippen molar-refractivity contribution < 1.29 is 23.1 Å². The van der Waals surface area contributed by atoms with Crippen LogP contribution < -0.4 is 5.11 Å². The van der Waals surface area contributed by atoms with E-state index in [9.17, 15) is 23.1 Å². The molecule has 1 aromatic carbocycles. The summed E-state index contributed by atoms with van der Waals surface area (Å²) in [4.78, 5) is 10.1. The summed E-state index contributed by atoms with van der Waals surface area (Å²) in [5.41, 5.74) is -0.921. The van der Waals surface area contributed by atoms with E-state index in [-0.39, 0.29) is 10.6 Å². The van der Waals surface area contributed by atoms with E-state index in [1.165, 1.54) is 0 Å². The molecule has 1 aromatic rings. The maximum Gasteiger partial charge on any atom is 0.416 e. The van der Waals surface area contributed by atoms with Crippen LogP contribution in [-0.2, 0) is 11.0 Å². The Balaban J connectivity index is 3.14. The molecular formula is C10H5ClF3O2-. The van der Waals surface area contributed by atoms with Crippen LogP contribution in [0.5, 0.6) is 0 Å². The Bertz CT molecular complexity index is 438. The van der Waals surface area contributed by atoms with Gasteiger partial charge in [-0.1, -0.05) is 17.7 Å². The summed E-state index contributed by atoms with van der Waals surface area (Å²) in [7, 11) is 0. The largest absolute Gasteiger partial charge is 0.545 e. The van der Waals surface area contributed by atoms with Crippen molar-refractivity contribution in [2.45, 2.75) is 6.18 Å².